The third-order valence-electron chi connectivity index (χ3n) is 3.94. The van der Waals surface area contributed by atoms with Gasteiger partial charge < -0.3 is 4.74 Å². The fourth-order valence-corrected chi connectivity index (χ4v) is 3.64. The van der Waals surface area contributed by atoms with E-state index in [4.69, 9.17) is 16.3 Å². The molecule has 1 unspecified atom stereocenters. The molecule has 0 saturated heterocycles. The van der Waals surface area contributed by atoms with Gasteiger partial charge in [-0.05, 0) is 45.0 Å². The summed E-state index contributed by atoms with van der Waals surface area (Å²) in [7, 11) is 0. The molecule has 1 atom stereocenters. The van der Waals surface area contributed by atoms with Crippen LogP contribution in [0.15, 0.2) is 53.7 Å². The normalized spacial score (nSPS) is 12.0. The van der Waals surface area contributed by atoms with Crippen molar-refractivity contribution in [1.82, 2.24) is 14.8 Å². The molecule has 1 aromatic heterocycles. The number of benzene rings is 2. The summed E-state index contributed by atoms with van der Waals surface area (Å²) in [6, 6.07) is 15.5. The summed E-state index contributed by atoms with van der Waals surface area (Å²) >= 11 is 7.70. The molecule has 1 heterocycles. The summed E-state index contributed by atoms with van der Waals surface area (Å²) in [5.41, 5.74) is 2.84. The van der Waals surface area contributed by atoms with Gasteiger partial charge in [0.15, 0.2) is 11.0 Å². The van der Waals surface area contributed by atoms with E-state index in [1.807, 2.05) is 60.0 Å². The van der Waals surface area contributed by atoms with Crippen LogP contribution in [0.25, 0.3) is 17.1 Å². The van der Waals surface area contributed by atoms with E-state index in [-0.39, 0.29) is 5.97 Å². The van der Waals surface area contributed by atoms with Crippen LogP contribution in [-0.2, 0) is 9.53 Å². The quantitative estimate of drug-likeness (QED) is 0.432. The Labute approximate surface area is 167 Å². The lowest BCUT2D eigenvalue weighted by atomic mass is 10.2. The van der Waals surface area contributed by atoms with Crippen molar-refractivity contribution in [2.45, 2.75) is 31.2 Å². The Morgan fingerprint density at radius 2 is 1.89 bits per heavy atom. The molecular formula is C20H20ClN3O2S. The maximum atomic E-state index is 12.0. The molecule has 0 aliphatic carbocycles. The third-order valence-corrected chi connectivity index (χ3v) is 5.29. The number of nitrogens with zero attached hydrogens (tertiary/aromatic N) is 3. The van der Waals surface area contributed by atoms with Crippen molar-refractivity contribution in [2.24, 2.45) is 0 Å². The standard InChI is InChI=1S/C20H20ClN3O2S/c1-4-26-19(25)14(3)27-20-23-22-18(16-7-5-6-8-17(16)21)24(20)15-11-9-13(2)10-12-15/h5-12,14H,4H2,1-3H3. The molecule has 0 N–H and O–H groups in total. The highest BCUT2D eigenvalue weighted by Gasteiger charge is 2.23. The van der Waals surface area contributed by atoms with E-state index < -0.39 is 5.25 Å². The van der Waals surface area contributed by atoms with Crippen LogP contribution in [0.3, 0.4) is 0 Å². The SMILES string of the molecule is CCOC(=O)C(C)Sc1nnc(-c2ccccc2Cl)n1-c1ccc(C)cc1. The predicted octanol–water partition coefficient (Wildman–Crippen LogP) is 4.94. The second-order valence-corrected chi connectivity index (χ2v) is 7.68. The van der Waals surface area contributed by atoms with E-state index in [1.165, 1.54) is 11.8 Å². The van der Waals surface area contributed by atoms with Gasteiger partial charge in [0.2, 0.25) is 0 Å². The Morgan fingerprint density at radius 1 is 1.19 bits per heavy atom. The van der Waals surface area contributed by atoms with Gasteiger partial charge in [0.1, 0.15) is 5.25 Å². The summed E-state index contributed by atoms with van der Waals surface area (Å²) in [6.45, 7) is 5.97. The molecule has 0 aliphatic heterocycles. The van der Waals surface area contributed by atoms with Gasteiger partial charge in [-0.1, -0.05) is 53.2 Å². The number of hydrogen-bond acceptors (Lipinski definition) is 5. The molecule has 5 nitrogen and oxygen atoms in total. The zero-order valence-electron chi connectivity index (χ0n) is 15.3. The Morgan fingerprint density at radius 3 is 2.56 bits per heavy atom. The van der Waals surface area contributed by atoms with Gasteiger partial charge in [0.05, 0.1) is 11.6 Å². The van der Waals surface area contributed by atoms with Crippen molar-refractivity contribution in [3.8, 4) is 17.1 Å². The number of carbonyl (C=O) groups excluding carboxylic acids is 1. The van der Waals surface area contributed by atoms with Crippen molar-refractivity contribution in [2.75, 3.05) is 6.61 Å². The van der Waals surface area contributed by atoms with E-state index in [1.54, 1.807) is 13.8 Å². The number of ether oxygens (including phenoxy) is 1. The predicted molar refractivity (Wildman–Crippen MR) is 108 cm³/mol. The van der Waals surface area contributed by atoms with Crippen molar-refractivity contribution in [3.05, 3.63) is 59.1 Å². The summed E-state index contributed by atoms with van der Waals surface area (Å²) in [5, 5.41) is 9.48. The number of aryl methyl sites for hydroxylation is 1. The minimum atomic E-state index is -0.405. The van der Waals surface area contributed by atoms with E-state index in [2.05, 4.69) is 10.2 Å². The van der Waals surface area contributed by atoms with Gasteiger partial charge in [0, 0.05) is 11.3 Å². The fourth-order valence-electron chi connectivity index (χ4n) is 2.56. The molecular weight excluding hydrogens is 382 g/mol. The number of esters is 1. The second kappa shape index (κ2) is 8.59. The van der Waals surface area contributed by atoms with E-state index in [9.17, 15) is 4.79 Å². The third kappa shape index (κ3) is 4.34. The Balaban J connectivity index is 2.08. The lowest BCUT2D eigenvalue weighted by molar-refractivity contribution is -0.142. The topological polar surface area (TPSA) is 57.0 Å². The zero-order valence-corrected chi connectivity index (χ0v) is 16.9. The first-order valence-electron chi connectivity index (χ1n) is 8.62. The van der Waals surface area contributed by atoms with Crippen LogP contribution in [0.2, 0.25) is 5.02 Å². The van der Waals surface area contributed by atoms with Crippen molar-refractivity contribution < 1.29 is 9.53 Å². The second-order valence-electron chi connectivity index (χ2n) is 5.97. The zero-order chi connectivity index (χ0) is 19.4. The highest BCUT2D eigenvalue weighted by atomic mass is 35.5. The first-order chi connectivity index (χ1) is 13.0. The number of carbonyl (C=O) groups is 1. The van der Waals surface area contributed by atoms with Crippen LogP contribution in [0.4, 0.5) is 0 Å². The maximum Gasteiger partial charge on any atom is 0.319 e. The summed E-state index contributed by atoms with van der Waals surface area (Å²) < 4.78 is 7.03. The molecule has 3 rings (SSSR count). The van der Waals surface area contributed by atoms with Gasteiger partial charge in [0.25, 0.3) is 0 Å². The smallest absolute Gasteiger partial charge is 0.319 e. The van der Waals surface area contributed by atoms with Crippen molar-refractivity contribution in [3.63, 3.8) is 0 Å². The van der Waals surface area contributed by atoms with Crippen LogP contribution in [0.5, 0.6) is 0 Å². The minimum absolute atomic E-state index is 0.278. The molecule has 0 saturated carbocycles. The van der Waals surface area contributed by atoms with E-state index in [0.29, 0.717) is 22.6 Å². The van der Waals surface area contributed by atoms with Crippen LogP contribution in [0, 0.1) is 6.92 Å². The Bertz CT molecular complexity index is 941. The first-order valence-corrected chi connectivity index (χ1v) is 9.87. The monoisotopic (exact) mass is 401 g/mol. The van der Waals surface area contributed by atoms with E-state index >= 15 is 0 Å². The van der Waals surface area contributed by atoms with Crippen molar-refractivity contribution >= 4 is 29.3 Å². The molecule has 27 heavy (non-hydrogen) atoms. The van der Waals surface area contributed by atoms with Gasteiger partial charge in [-0.25, -0.2) is 0 Å². The summed E-state index contributed by atoms with van der Waals surface area (Å²) in [4.78, 5) is 12.0. The van der Waals surface area contributed by atoms with Gasteiger partial charge in [-0.2, -0.15) is 0 Å². The Kier molecular flexibility index (Phi) is 6.19. The van der Waals surface area contributed by atoms with E-state index in [0.717, 1.165) is 16.8 Å². The molecule has 0 radical (unpaired) electrons. The highest BCUT2D eigenvalue weighted by molar-refractivity contribution is 8.00. The van der Waals surface area contributed by atoms with Gasteiger partial charge in [-0.15, -0.1) is 10.2 Å². The first kappa shape index (κ1) is 19.5. The summed E-state index contributed by atoms with van der Waals surface area (Å²) in [6.07, 6.45) is 0. The number of hydrogen-bond donors (Lipinski definition) is 0. The molecule has 140 valence electrons. The van der Waals surface area contributed by atoms with Crippen LogP contribution < -0.4 is 0 Å². The maximum absolute atomic E-state index is 12.0. The van der Waals surface area contributed by atoms with Crippen LogP contribution in [0.1, 0.15) is 19.4 Å². The number of rotatable bonds is 6. The lowest BCUT2D eigenvalue weighted by Gasteiger charge is -2.13. The van der Waals surface area contributed by atoms with Crippen LogP contribution >= 0.6 is 23.4 Å². The number of aromatic nitrogens is 3. The molecule has 0 aliphatic rings. The van der Waals surface area contributed by atoms with Gasteiger partial charge >= 0.3 is 5.97 Å². The molecule has 2 aromatic carbocycles. The molecule has 0 fully saturated rings. The molecule has 3 aromatic rings. The molecule has 0 spiro atoms. The average molecular weight is 402 g/mol. The molecule has 7 heteroatoms. The molecule has 0 amide bonds. The van der Waals surface area contributed by atoms with Crippen LogP contribution in [-0.4, -0.2) is 32.6 Å². The highest BCUT2D eigenvalue weighted by Crippen LogP contribution is 2.33. The number of halogens is 1. The molecule has 0 bridgehead atoms. The average Bonchev–Trinajstić information content (AvgIpc) is 3.06. The van der Waals surface area contributed by atoms with Gasteiger partial charge in [-0.3, -0.25) is 9.36 Å². The summed E-state index contributed by atoms with van der Waals surface area (Å²) in [5.74, 6) is 0.350. The Hall–Kier alpha value is -2.31. The number of thioether (sulfide) groups is 1. The van der Waals surface area contributed by atoms with Crippen molar-refractivity contribution in [1.29, 1.82) is 0 Å². The largest absolute Gasteiger partial charge is 0.465 e. The lowest BCUT2D eigenvalue weighted by Crippen LogP contribution is -2.17. The minimum Gasteiger partial charge on any atom is -0.465 e. The fraction of sp³-hybridized carbons (Fsp3) is 0.250.